The quantitative estimate of drug-likeness (QED) is 0.628. The summed E-state index contributed by atoms with van der Waals surface area (Å²) < 4.78 is 5.78. The molecule has 1 heterocycles. The Labute approximate surface area is 101 Å². The van der Waals surface area contributed by atoms with Crippen molar-refractivity contribution in [3.8, 4) is 0 Å². The van der Waals surface area contributed by atoms with Crippen LogP contribution in [0.2, 0.25) is 0 Å². The average molecular weight is 240 g/mol. The van der Waals surface area contributed by atoms with Crippen molar-refractivity contribution in [1.82, 2.24) is 5.43 Å². The predicted octanol–water partition coefficient (Wildman–Crippen LogP) is 2.52. The van der Waals surface area contributed by atoms with Gasteiger partial charge in [-0.25, -0.2) is 0 Å². The van der Waals surface area contributed by atoms with Crippen LogP contribution in [0.3, 0.4) is 0 Å². The Kier molecular flexibility index (Phi) is 3.64. The number of rotatable bonds is 4. The molecule has 1 aliphatic rings. The highest BCUT2D eigenvalue weighted by molar-refractivity contribution is 7.10. The van der Waals surface area contributed by atoms with Crippen LogP contribution in [0.1, 0.15) is 42.2 Å². The van der Waals surface area contributed by atoms with Gasteiger partial charge in [-0.2, -0.15) is 0 Å². The summed E-state index contributed by atoms with van der Waals surface area (Å²) in [7, 11) is 1.80. The van der Waals surface area contributed by atoms with Crippen molar-refractivity contribution in [2.24, 2.45) is 5.84 Å². The number of aryl methyl sites for hydroxylation is 1. The van der Waals surface area contributed by atoms with Gasteiger partial charge >= 0.3 is 0 Å². The van der Waals surface area contributed by atoms with Crippen molar-refractivity contribution in [2.75, 3.05) is 7.11 Å². The van der Waals surface area contributed by atoms with E-state index in [2.05, 4.69) is 23.8 Å². The van der Waals surface area contributed by atoms with Crippen LogP contribution in [-0.2, 0) is 4.74 Å². The van der Waals surface area contributed by atoms with Crippen LogP contribution in [0, 0.1) is 6.92 Å². The molecule has 0 bridgehead atoms. The maximum absolute atomic E-state index is 5.78. The summed E-state index contributed by atoms with van der Waals surface area (Å²) in [5.41, 5.74) is 4.10. The molecular weight excluding hydrogens is 220 g/mol. The molecule has 0 aliphatic heterocycles. The van der Waals surface area contributed by atoms with Gasteiger partial charge in [-0.05, 0) is 36.8 Å². The monoisotopic (exact) mass is 240 g/mol. The van der Waals surface area contributed by atoms with E-state index < -0.39 is 0 Å². The number of ether oxygens (including phenoxy) is 1. The fraction of sp³-hybridized carbons (Fsp3) is 0.667. The molecule has 1 saturated carbocycles. The summed E-state index contributed by atoms with van der Waals surface area (Å²) in [6.07, 6.45) is 4.64. The van der Waals surface area contributed by atoms with Gasteiger partial charge in [0.2, 0.25) is 0 Å². The number of hydrogen-bond acceptors (Lipinski definition) is 4. The summed E-state index contributed by atoms with van der Waals surface area (Å²) in [6, 6.07) is 2.32. The standard InChI is InChI=1S/C12H20N2OS/c1-9-7-10(8-16-9)11(14-13)12(15-2)5-3-4-6-12/h7-8,11,14H,3-6,13H2,1-2H3. The van der Waals surface area contributed by atoms with E-state index >= 15 is 0 Å². The van der Waals surface area contributed by atoms with Crippen molar-refractivity contribution in [3.05, 3.63) is 21.9 Å². The van der Waals surface area contributed by atoms with Gasteiger partial charge in [-0.1, -0.05) is 12.8 Å². The normalized spacial score (nSPS) is 21.2. The third-order valence-corrected chi connectivity index (χ3v) is 4.51. The highest BCUT2D eigenvalue weighted by atomic mass is 32.1. The smallest absolute Gasteiger partial charge is 0.0885 e. The Morgan fingerprint density at radius 3 is 2.62 bits per heavy atom. The molecule has 1 aromatic heterocycles. The molecule has 0 amide bonds. The van der Waals surface area contributed by atoms with Crippen LogP contribution >= 0.6 is 11.3 Å². The molecule has 4 heteroatoms. The maximum atomic E-state index is 5.78. The summed E-state index contributed by atoms with van der Waals surface area (Å²) in [5, 5.41) is 2.18. The van der Waals surface area contributed by atoms with Crippen molar-refractivity contribution in [3.63, 3.8) is 0 Å². The Balaban J connectivity index is 2.27. The third kappa shape index (κ3) is 2.02. The second-order valence-corrected chi connectivity index (χ2v) is 5.68. The van der Waals surface area contributed by atoms with Crippen molar-refractivity contribution >= 4 is 11.3 Å². The summed E-state index contributed by atoms with van der Waals surface area (Å²) in [4.78, 5) is 1.32. The molecule has 1 aliphatic carbocycles. The fourth-order valence-electron chi connectivity index (χ4n) is 2.75. The second-order valence-electron chi connectivity index (χ2n) is 4.57. The van der Waals surface area contributed by atoms with Crippen LogP contribution in [-0.4, -0.2) is 12.7 Å². The molecule has 1 atom stereocenters. The topological polar surface area (TPSA) is 47.3 Å². The summed E-state index contributed by atoms with van der Waals surface area (Å²) in [5.74, 6) is 5.73. The average Bonchev–Trinajstić information content (AvgIpc) is 2.90. The van der Waals surface area contributed by atoms with Crippen molar-refractivity contribution in [1.29, 1.82) is 0 Å². The van der Waals surface area contributed by atoms with Crippen molar-refractivity contribution in [2.45, 2.75) is 44.2 Å². The first-order chi connectivity index (χ1) is 7.72. The van der Waals surface area contributed by atoms with E-state index in [4.69, 9.17) is 10.6 Å². The summed E-state index contributed by atoms with van der Waals surface area (Å²) in [6.45, 7) is 2.12. The lowest BCUT2D eigenvalue weighted by Crippen LogP contribution is -2.46. The number of nitrogens with one attached hydrogen (secondary N) is 1. The number of hydrogen-bond donors (Lipinski definition) is 2. The predicted molar refractivity (Wildman–Crippen MR) is 67.3 cm³/mol. The highest BCUT2D eigenvalue weighted by Crippen LogP contribution is 2.42. The minimum absolute atomic E-state index is 0.109. The zero-order chi connectivity index (χ0) is 11.6. The van der Waals surface area contributed by atoms with Crippen LogP contribution in [0.25, 0.3) is 0 Å². The second kappa shape index (κ2) is 4.84. The maximum Gasteiger partial charge on any atom is 0.0885 e. The van der Waals surface area contributed by atoms with Gasteiger partial charge in [-0.3, -0.25) is 11.3 Å². The highest BCUT2D eigenvalue weighted by Gasteiger charge is 2.42. The SMILES string of the molecule is COC1(C(NN)c2csc(C)c2)CCCC1. The molecule has 1 aromatic rings. The van der Waals surface area contributed by atoms with Gasteiger partial charge < -0.3 is 4.74 Å². The van der Waals surface area contributed by atoms with E-state index in [9.17, 15) is 0 Å². The molecule has 16 heavy (non-hydrogen) atoms. The third-order valence-electron chi connectivity index (χ3n) is 3.63. The van der Waals surface area contributed by atoms with Crippen molar-refractivity contribution < 1.29 is 4.74 Å². The van der Waals surface area contributed by atoms with E-state index in [1.54, 1.807) is 18.4 Å². The van der Waals surface area contributed by atoms with E-state index in [1.165, 1.54) is 23.3 Å². The first-order valence-corrected chi connectivity index (χ1v) is 6.66. The number of thiophene rings is 1. The van der Waals surface area contributed by atoms with E-state index in [0.717, 1.165) is 12.8 Å². The molecule has 90 valence electrons. The number of nitrogens with two attached hydrogens (primary N) is 1. The fourth-order valence-corrected chi connectivity index (χ4v) is 3.48. The lowest BCUT2D eigenvalue weighted by Gasteiger charge is -2.35. The molecule has 0 saturated heterocycles. The van der Waals surface area contributed by atoms with Gasteiger partial charge in [0.05, 0.1) is 11.6 Å². The van der Waals surface area contributed by atoms with Gasteiger partial charge in [0, 0.05) is 12.0 Å². The molecule has 3 N–H and O–H groups in total. The van der Waals surface area contributed by atoms with Crippen LogP contribution in [0.5, 0.6) is 0 Å². The molecule has 1 unspecified atom stereocenters. The Hall–Kier alpha value is -0.420. The molecule has 3 nitrogen and oxygen atoms in total. The summed E-state index contributed by atoms with van der Waals surface area (Å²) >= 11 is 1.76. The zero-order valence-corrected chi connectivity index (χ0v) is 10.8. The van der Waals surface area contributed by atoms with Crippen LogP contribution in [0.15, 0.2) is 11.4 Å². The Morgan fingerprint density at radius 2 is 2.19 bits per heavy atom. The minimum atomic E-state index is -0.109. The van der Waals surface area contributed by atoms with Gasteiger partial charge in [-0.15, -0.1) is 11.3 Å². The molecule has 1 fully saturated rings. The number of hydrazine groups is 1. The van der Waals surface area contributed by atoms with Gasteiger partial charge in [0.15, 0.2) is 0 Å². The minimum Gasteiger partial charge on any atom is -0.376 e. The zero-order valence-electron chi connectivity index (χ0n) is 9.95. The molecular formula is C12H20N2OS. The largest absolute Gasteiger partial charge is 0.376 e. The van der Waals surface area contributed by atoms with E-state index in [0.29, 0.717) is 0 Å². The van der Waals surface area contributed by atoms with Gasteiger partial charge in [0.1, 0.15) is 0 Å². The van der Waals surface area contributed by atoms with E-state index in [1.807, 2.05) is 0 Å². The molecule has 0 spiro atoms. The Morgan fingerprint density at radius 1 is 1.50 bits per heavy atom. The molecule has 0 radical (unpaired) electrons. The molecule has 0 aromatic carbocycles. The van der Waals surface area contributed by atoms with Gasteiger partial charge in [0.25, 0.3) is 0 Å². The lowest BCUT2D eigenvalue weighted by molar-refractivity contribution is -0.0367. The number of methoxy groups -OCH3 is 1. The first-order valence-electron chi connectivity index (χ1n) is 5.78. The lowest BCUT2D eigenvalue weighted by atomic mass is 9.88. The van der Waals surface area contributed by atoms with Crippen LogP contribution in [0.4, 0.5) is 0 Å². The first kappa shape index (κ1) is 12.0. The molecule has 2 rings (SSSR count). The Bertz CT molecular complexity index is 345. The van der Waals surface area contributed by atoms with Crippen LogP contribution < -0.4 is 11.3 Å². The van der Waals surface area contributed by atoms with E-state index in [-0.39, 0.29) is 11.6 Å².